The minimum absolute atomic E-state index is 0.0414. The summed E-state index contributed by atoms with van der Waals surface area (Å²) in [4.78, 5) is 19.0. The summed E-state index contributed by atoms with van der Waals surface area (Å²) in [5, 5.41) is 11.4. The van der Waals surface area contributed by atoms with Gasteiger partial charge in [0.1, 0.15) is 0 Å². The number of hydrogen-bond donors (Lipinski definition) is 1. The molecule has 1 aliphatic heterocycles. The van der Waals surface area contributed by atoms with Crippen molar-refractivity contribution >= 4 is 11.6 Å². The molecule has 2 aromatic rings. The lowest BCUT2D eigenvalue weighted by Gasteiger charge is -2.21. The van der Waals surface area contributed by atoms with Crippen LogP contribution in [0.3, 0.4) is 0 Å². The first-order chi connectivity index (χ1) is 11.5. The number of amides is 1. The molecule has 1 saturated heterocycles. The lowest BCUT2D eigenvalue weighted by molar-refractivity contribution is -0.117. The molecule has 0 bridgehead atoms. The van der Waals surface area contributed by atoms with Crippen LogP contribution in [0.25, 0.3) is 0 Å². The van der Waals surface area contributed by atoms with E-state index >= 15 is 0 Å². The third-order valence-electron chi connectivity index (χ3n) is 4.57. The van der Waals surface area contributed by atoms with Crippen molar-refractivity contribution in [2.45, 2.75) is 46.1 Å². The maximum Gasteiger partial charge on any atom is 0.238 e. The van der Waals surface area contributed by atoms with Gasteiger partial charge in [-0.1, -0.05) is 12.1 Å². The van der Waals surface area contributed by atoms with Gasteiger partial charge in [-0.15, -0.1) is 0 Å². The fraction of sp³-hybridized carbons (Fsp3) is 0.625. The van der Waals surface area contributed by atoms with Gasteiger partial charge in [0.2, 0.25) is 11.8 Å². The lowest BCUT2D eigenvalue weighted by atomic mass is 10.2. The summed E-state index contributed by atoms with van der Waals surface area (Å²) in [6.45, 7) is 7.00. The molecule has 0 aliphatic carbocycles. The highest BCUT2D eigenvalue weighted by molar-refractivity contribution is 5.93. The molecule has 1 aliphatic rings. The highest BCUT2D eigenvalue weighted by Gasteiger charge is 2.31. The van der Waals surface area contributed by atoms with Crippen LogP contribution in [0.4, 0.5) is 5.69 Å². The van der Waals surface area contributed by atoms with E-state index in [0.29, 0.717) is 18.3 Å². The first-order valence-corrected chi connectivity index (χ1v) is 8.36. The van der Waals surface area contributed by atoms with Crippen LogP contribution in [0.5, 0.6) is 0 Å². The lowest BCUT2D eigenvalue weighted by Crippen LogP contribution is -2.33. The standard InChI is InChI=1S/C16H24N6O2/c1-5-14-18-16(20-24-14)12-7-6-8-22(12)9-13(23)17-15-10(2)19-21(4)11(15)3/h12H,5-9H2,1-4H3,(H,17,23)/t12-/m0/s1. The molecule has 0 saturated carbocycles. The second-order valence-corrected chi connectivity index (χ2v) is 6.25. The zero-order chi connectivity index (χ0) is 17.3. The van der Waals surface area contributed by atoms with E-state index in [9.17, 15) is 4.79 Å². The summed E-state index contributed by atoms with van der Waals surface area (Å²) in [7, 11) is 1.87. The van der Waals surface area contributed by atoms with Gasteiger partial charge < -0.3 is 9.84 Å². The zero-order valence-electron chi connectivity index (χ0n) is 14.7. The van der Waals surface area contributed by atoms with Gasteiger partial charge in [-0.05, 0) is 33.2 Å². The Bertz CT molecular complexity index is 735. The van der Waals surface area contributed by atoms with Crippen molar-refractivity contribution in [1.82, 2.24) is 24.8 Å². The Kier molecular flexibility index (Phi) is 4.66. The van der Waals surface area contributed by atoms with Gasteiger partial charge in [-0.3, -0.25) is 14.4 Å². The van der Waals surface area contributed by atoms with Crippen molar-refractivity contribution in [2.75, 3.05) is 18.4 Å². The molecule has 1 fully saturated rings. The van der Waals surface area contributed by atoms with Gasteiger partial charge in [0.15, 0.2) is 5.82 Å². The van der Waals surface area contributed by atoms with Crippen LogP contribution < -0.4 is 5.32 Å². The second-order valence-electron chi connectivity index (χ2n) is 6.25. The number of carbonyl (C=O) groups excluding carboxylic acids is 1. The smallest absolute Gasteiger partial charge is 0.238 e. The summed E-state index contributed by atoms with van der Waals surface area (Å²) < 4.78 is 6.98. The van der Waals surface area contributed by atoms with Crippen molar-refractivity contribution < 1.29 is 9.32 Å². The van der Waals surface area contributed by atoms with Gasteiger partial charge in [-0.2, -0.15) is 10.1 Å². The molecule has 3 heterocycles. The van der Waals surface area contributed by atoms with Crippen LogP contribution in [0, 0.1) is 13.8 Å². The molecule has 1 amide bonds. The molecule has 1 N–H and O–H groups in total. The summed E-state index contributed by atoms with van der Waals surface area (Å²) in [6, 6.07) is 0.0518. The minimum atomic E-state index is -0.0414. The third kappa shape index (κ3) is 3.19. The van der Waals surface area contributed by atoms with Gasteiger partial charge in [0.25, 0.3) is 0 Å². The average molecular weight is 332 g/mol. The van der Waals surface area contributed by atoms with E-state index in [1.165, 1.54) is 0 Å². The van der Waals surface area contributed by atoms with Crippen LogP contribution >= 0.6 is 0 Å². The molecule has 8 heteroatoms. The van der Waals surface area contributed by atoms with Crippen molar-refractivity contribution in [1.29, 1.82) is 0 Å². The molecule has 130 valence electrons. The van der Waals surface area contributed by atoms with Crippen LogP contribution in [0.2, 0.25) is 0 Å². The number of rotatable bonds is 5. The predicted octanol–water partition coefficient (Wildman–Crippen LogP) is 1.76. The first kappa shape index (κ1) is 16.6. The van der Waals surface area contributed by atoms with Gasteiger partial charge in [0, 0.05) is 13.5 Å². The fourth-order valence-electron chi connectivity index (χ4n) is 3.17. The van der Waals surface area contributed by atoms with Crippen LogP contribution in [-0.2, 0) is 18.3 Å². The molecule has 0 aromatic carbocycles. The molecule has 1 atom stereocenters. The number of hydrogen-bond acceptors (Lipinski definition) is 6. The number of anilines is 1. The van der Waals surface area contributed by atoms with Crippen LogP contribution in [0.15, 0.2) is 4.52 Å². The van der Waals surface area contributed by atoms with E-state index in [2.05, 4.69) is 25.5 Å². The van der Waals surface area contributed by atoms with E-state index in [1.807, 2.05) is 27.8 Å². The van der Waals surface area contributed by atoms with E-state index < -0.39 is 0 Å². The summed E-state index contributed by atoms with van der Waals surface area (Å²) in [5.41, 5.74) is 2.57. The Labute approximate surface area is 141 Å². The largest absolute Gasteiger partial charge is 0.339 e. The Morgan fingerprint density at radius 3 is 2.83 bits per heavy atom. The van der Waals surface area contributed by atoms with E-state index in [1.54, 1.807) is 4.68 Å². The Morgan fingerprint density at radius 1 is 1.42 bits per heavy atom. The van der Waals surface area contributed by atoms with E-state index in [-0.39, 0.29) is 11.9 Å². The summed E-state index contributed by atoms with van der Waals surface area (Å²) in [5.74, 6) is 1.29. The van der Waals surface area contributed by atoms with Crippen molar-refractivity contribution in [3.05, 3.63) is 23.1 Å². The number of nitrogens with zero attached hydrogens (tertiary/aromatic N) is 5. The SMILES string of the molecule is CCc1nc([C@@H]2CCCN2CC(=O)Nc2c(C)nn(C)c2C)no1. The van der Waals surface area contributed by atoms with Crippen molar-refractivity contribution in [2.24, 2.45) is 7.05 Å². The topological polar surface area (TPSA) is 89.1 Å². The first-order valence-electron chi connectivity index (χ1n) is 8.36. The quantitative estimate of drug-likeness (QED) is 0.897. The van der Waals surface area contributed by atoms with Gasteiger partial charge in [0.05, 0.1) is 29.7 Å². The van der Waals surface area contributed by atoms with E-state index in [0.717, 1.165) is 42.9 Å². The number of nitrogens with one attached hydrogen (secondary N) is 1. The molecule has 8 nitrogen and oxygen atoms in total. The molecule has 2 aromatic heterocycles. The molecular weight excluding hydrogens is 308 g/mol. The van der Waals surface area contributed by atoms with Crippen molar-refractivity contribution in [3.8, 4) is 0 Å². The maximum absolute atomic E-state index is 12.5. The Balaban J connectivity index is 1.67. The van der Waals surface area contributed by atoms with Crippen LogP contribution in [-0.4, -0.2) is 43.8 Å². The summed E-state index contributed by atoms with van der Waals surface area (Å²) in [6.07, 6.45) is 2.69. The highest BCUT2D eigenvalue weighted by Crippen LogP contribution is 2.30. The minimum Gasteiger partial charge on any atom is -0.339 e. The van der Waals surface area contributed by atoms with Crippen molar-refractivity contribution in [3.63, 3.8) is 0 Å². The fourth-order valence-corrected chi connectivity index (χ4v) is 3.17. The Morgan fingerprint density at radius 2 is 2.21 bits per heavy atom. The Hall–Kier alpha value is -2.22. The molecule has 3 rings (SSSR count). The second kappa shape index (κ2) is 6.72. The summed E-state index contributed by atoms with van der Waals surface area (Å²) >= 11 is 0. The number of aromatic nitrogens is 4. The monoisotopic (exact) mass is 332 g/mol. The molecule has 24 heavy (non-hydrogen) atoms. The van der Waals surface area contributed by atoms with Crippen LogP contribution in [0.1, 0.15) is 48.9 Å². The van der Waals surface area contributed by atoms with Gasteiger partial charge in [-0.25, -0.2) is 0 Å². The third-order valence-corrected chi connectivity index (χ3v) is 4.57. The maximum atomic E-state index is 12.5. The zero-order valence-corrected chi connectivity index (χ0v) is 14.7. The molecule has 0 radical (unpaired) electrons. The predicted molar refractivity (Wildman–Crippen MR) is 88.5 cm³/mol. The molecule has 0 unspecified atom stereocenters. The highest BCUT2D eigenvalue weighted by atomic mass is 16.5. The molecular formula is C16H24N6O2. The van der Waals surface area contributed by atoms with Gasteiger partial charge >= 0.3 is 0 Å². The average Bonchev–Trinajstić information content (AvgIpc) is 3.24. The number of carbonyl (C=O) groups is 1. The number of likely N-dealkylation sites (tertiary alicyclic amines) is 1. The molecule has 0 spiro atoms. The normalized spacial score (nSPS) is 18.2. The number of aryl methyl sites for hydroxylation is 3. The van der Waals surface area contributed by atoms with E-state index in [4.69, 9.17) is 4.52 Å².